The molecule has 3 rings (SSSR count). The Morgan fingerprint density at radius 2 is 2.04 bits per heavy atom. The van der Waals surface area contributed by atoms with Gasteiger partial charge in [0.2, 0.25) is 0 Å². The van der Waals surface area contributed by atoms with Crippen molar-refractivity contribution in [1.29, 1.82) is 0 Å². The second-order valence-corrected chi connectivity index (χ2v) is 5.93. The molecular weight excluding hydrogens is 304 g/mol. The lowest BCUT2D eigenvalue weighted by atomic mass is 10.0. The number of nitrogens with zero attached hydrogens (tertiary/aromatic N) is 3. The topological polar surface area (TPSA) is 69.0 Å². The summed E-state index contributed by atoms with van der Waals surface area (Å²) in [5.74, 6) is -0.317. The molecule has 0 saturated heterocycles. The van der Waals surface area contributed by atoms with Crippen molar-refractivity contribution in [2.45, 2.75) is 26.8 Å². The minimum Gasteiger partial charge on any atom is -0.277 e. The predicted octanol–water partition coefficient (Wildman–Crippen LogP) is 3.28. The number of amides is 1. The average molecular weight is 324 g/mol. The number of rotatable bonds is 4. The molecule has 0 saturated carbocycles. The van der Waals surface area contributed by atoms with Crippen molar-refractivity contribution in [2.24, 2.45) is 0 Å². The molecule has 1 N–H and O–H groups in total. The van der Waals surface area contributed by atoms with Gasteiger partial charge in [0.15, 0.2) is 5.65 Å². The van der Waals surface area contributed by atoms with Crippen LogP contribution in [0.2, 0.25) is 0 Å². The molecule has 6 heteroatoms. The van der Waals surface area contributed by atoms with Gasteiger partial charge in [-0.3, -0.25) is 9.63 Å². The Morgan fingerprint density at radius 1 is 1.29 bits per heavy atom. The number of aryl methyl sites for hydroxylation is 1. The van der Waals surface area contributed by atoms with Gasteiger partial charge < -0.3 is 0 Å². The molecule has 6 nitrogen and oxygen atoms in total. The fourth-order valence-electron chi connectivity index (χ4n) is 2.73. The maximum absolute atomic E-state index is 12.4. The molecule has 0 fully saturated rings. The van der Waals surface area contributed by atoms with Crippen LogP contribution in [0.3, 0.4) is 0 Å². The Bertz CT molecular complexity index is 899. The summed E-state index contributed by atoms with van der Waals surface area (Å²) in [6.07, 6.45) is 1.68. The van der Waals surface area contributed by atoms with Crippen molar-refractivity contribution in [1.82, 2.24) is 20.2 Å². The normalized spacial score (nSPS) is 11.2. The first-order valence-electron chi connectivity index (χ1n) is 7.80. The zero-order valence-corrected chi connectivity index (χ0v) is 14.2. The number of hydroxylamine groups is 1. The van der Waals surface area contributed by atoms with Crippen LogP contribution >= 0.6 is 0 Å². The molecule has 0 aliphatic heterocycles. The van der Waals surface area contributed by atoms with E-state index in [-0.39, 0.29) is 11.9 Å². The molecule has 3 aromatic rings. The van der Waals surface area contributed by atoms with E-state index in [1.807, 2.05) is 49.7 Å². The van der Waals surface area contributed by atoms with Crippen LogP contribution in [-0.2, 0) is 4.84 Å². The summed E-state index contributed by atoms with van der Waals surface area (Å²) in [7, 11) is 1.41. The summed E-state index contributed by atoms with van der Waals surface area (Å²) in [4.78, 5) is 22.0. The minimum absolute atomic E-state index is 0.139. The summed E-state index contributed by atoms with van der Waals surface area (Å²) in [6, 6.07) is 9.89. The van der Waals surface area contributed by atoms with Crippen LogP contribution < -0.4 is 5.48 Å². The second kappa shape index (κ2) is 6.41. The standard InChI is InChI=1S/C18H20N4O2/c1-11(2)22-17-15(10-19-22)14(18(23)21-24-4)9-16(20-17)13-8-6-5-7-12(13)3/h5-11H,1-4H3,(H,21,23). The Balaban J connectivity index is 2.29. The van der Waals surface area contributed by atoms with Crippen LogP contribution in [0.25, 0.3) is 22.3 Å². The molecule has 2 aromatic heterocycles. The molecule has 0 radical (unpaired) electrons. The molecule has 24 heavy (non-hydrogen) atoms. The average Bonchev–Trinajstić information content (AvgIpc) is 2.98. The Morgan fingerprint density at radius 3 is 2.71 bits per heavy atom. The van der Waals surface area contributed by atoms with Crippen LogP contribution in [-0.4, -0.2) is 27.8 Å². The van der Waals surface area contributed by atoms with Gasteiger partial charge in [0, 0.05) is 11.6 Å². The number of aromatic nitrogens is 3. The lowest BCUT2D eigenvalue weighted by Gasteiger charge is -2.11. The third-order valence-corrected chi connectivity index (χ3v) is 3.92. The van der Waals surface area contributed by atoms with Gasteiger partial charge in [0.1, 0.15) is 0 Å². The lowest BCUT2D eigenvalue weighted by molar-refractivity contribution is 0.0539. The highest BCUT2D eigenvalue weighted by atomic mass is 16.6. The highest BCUT2D eigenvalue weighted by Gasteiger charge is 2.18. The monoisotopic (exact) mass is 324 g/mol. The third-order valence-electron chi connectivity index (χ3n) is 3.92. The maximum Gasteiger partial charge on any atom is 0.275 e. The van der Waals surface area contributed by atoms with Crippen LogP contribution in [0.4, 0.5) is 0 Å². The number of pyridine rings is 1. The highest BCUT2D eigenvalue weighted by molar-refractivity contribution is 6.06. The van der Waals surface area contributed by atoms with E-state index in [9.17, 15) is 4.79 Å². The fourth-order valence-corrected chi connectivity index (χ4v) is 2.73. The molecule has 0 aliphatic rings. The number of carbonyl (C=O) groups is 1. The number of carbonyl (C=O) groups excluding carboxylic acids is 1. The first-order chi connectivity index (χ1) is 11.5. The molecule has 1 amide bonds. The molecule has 0 atom stereocenters. The summed E-state index contributed by atoms with van der Waals surface area (Å²) >= 11 is 0. The van der Waals surface area contributed by atoms with E-state index in [4.69, 9.17) is 9.82 Å². The van der Waals surface area contributed by atoms with Gasteiger partial charge in [0.25, 0.3) is 5.91 Å². The van der Waals surface area contributed by atoms with E-state index >= 15 is 0 Å². The number of benzene rings is 1. The molecule has 1 aromatic carbocycles. The van der Waals surface area contributed by atoms with Gasteiger partial charge in [-0.1, -0.05) is 24.3 Å². The van der Waals surface area contributed by atoms with Crippen LogP contribution in [0, 0.1) is 6.92 Å². The van der Waals surface area contributed by atoms with Gasteiger partial charge in [-0.15, -0.1) is 0 Å². The highest BCUT2D eigenvalue weighted by Crippen LogP contribution is 2.28. The first-order valence-corrected chi connectivity index (χ1v) is 7.80. The van der Waals surface area contributed by atoms with Crippen LogP contribution in [0.15, 0.2) is 36.5 Å². The van der Waals surface area contributed by atoms with Crippen molar-refractivity contribution >= 4 is 16.9 Å². The number of hydrogen-bond donors (Lipinski definition) is 1. The third kappa shape index (κ3) is 2.76. The van der Waals surface area contributed by atoms with Crippen molar-refractivity contribution in [3.63, 3.8) is 0 Å². The Hall–Kier alpha value is -2.73. The van der Waals surface area contributed by atoms with E-state index in [0.717, 1.165) is 16.8 Å². The maximum atomic E-state index is 12.4. The Kier molecular flexibility index (Phi) is 4.31. The van der Waals surface area contributed by atoms with Crippen molar-refractivity contribution in [3.05, 3.63) is 47.7 Å². The van der Waals surface area contributed by atoms with E-state index in [1.54, 1.807) is 12.3 Å². The minimum atomic E-state index is -0.317. The largest absolute Gasteiger partial charge is 0.277 e. The van der Waals surface area contributed by atoms with E-state index in [1.165, 1.54) is 7.11 Å². The smallest absolute Gasteiger partial charge is 0.275 e. The lowest BCUT2D eigenvalue weighted by Crippen LogP contribution is -2.22. The van der Waals surface area contributed by atoms with Gasteiger partial charge in [-0.05, 0) is 32.4 Å². The first kappa shape index (κ1) is 16.1. The van der Waals surface area contributed by atoms with Crippen LogP contribution in [0.5, 0.6) is 0 Å². The number of fused-ring (bicyclic) bond motifs is 1. The molecular formula is C18H20N4O2. The van der Waals surface area contributed by atoms with Crippen molar-refractivity contribution in [3.8, 4) is 11.3 Å². The second-order valence-electron chi connectivity index (χ2n) is 5.93. The van der Waals surface area contributed by atoms with E-state index in [0.29, 0.717) is 16.6 Å². The molecule has 0 spiro atoms. The van der Waals surface area contributed by atoms with Gasteiger partial charge in [-0.2, -0.15) is 5.10 Å². The van der Waals surface area contributed by atoms with Gasteiger partial charge in [0.05, 0.1) is 30.0 Å². The zero-order valence-electron chi connectivity index (χ0n) is 14.2. The quantitative estimate of drug-likeness (QED) is 0.748. The summed E-state index contributed by atoms with van der Waals surface area (Å²) in [5, 5.41) is 5.09. The summed E-state index contributed by atoms with van der Waals surface area (Å²) < 4.78 is 1.82. The fraction of sp³-hybridized carbons (Fsp3) is 0.278. The molecule has 0 unspecified atom stereocenters. The SMILES string of the molecule is CONC(=O)c1cc(-c2ccccc2C)nc2c1cnn2C(C)C. The van der Waals surface area contributed by atoms with Gasteiger partial charge in [-0.25, -0.2) is 15.1 Å². The molecule has 124 valence electrons. The summed E-state index contributed by atoms with van der Waals surface area (Å²) in [6.45, 7) is 6.09. The molecule has 0 aliphatic carbocycles. The summed E-state index contributed by atoms with van der Waals surface area (Å²) in [5.41, 5.74) is 6.39. The molecule has 0 bridgehead atoms. The van der Waals surface area contributed by atoms with E-state index in [2.05, 4.69) is 10.6 Å². The zero-order chi connectivity index (χ0) is 17.3. The van der Waals surface area contributed by atoms with E-state index < -0.39 is 0 Å². The Labute approximate surface area is 140 Å². The number of nitrogens with one attached hydrogen (secondary N) is 1. The molecule has 2 heterocycles. The van der Waals surface area contributed by atoms with Crippen LogP contribution in [0.1, 0.15) is 35.8 Å². The predicted molar refractivity (Wildman–Crippen MR) is 92.6 cm³/mol. The number of hydrogen-bond acceptors (Lipinski definition) is 4. The van der Waals surface area contributed by atoms with Crippen molar-refractivity contribution in [2.75, 3.05) is 7.11 Å². The van der Waals surface area contributed by atoms with Gasteiger partial charge >= 0.3 is 0 Å². The van der Waals surface area contributed by atoms with Crippen molar-refractivity contribution < 1.29 is 9.63 Å².